The number of phenols is 1. The second kappa shape index (κ2) is 7.32. The fourth-order valence-corrected chi connectivity index (χ4v) is 4.00. The molecule has 0 radical (unpaired) electrons. The number of fused-ring (bicyclic) bond motifs is 1. The Hall–Kier alpha value is -3.21. The predicted octanol–water partition coefficient (Wildman–Crippen LogP) is 5.15. The molecule has 0 bridgehead atoms. The number of hydrogen-bond acceptors (Lipinski definition) is 2. The van der Waals surface area contributed by atoms with Crippen molar-refractivity contribution >= 4 is 5.91 Å². The average Bonchev–Trinajstić information content (AvgIpc) is 2.70. The van der Waals surface area contributed by atoms with Gasteiger partial charge in [0.1, 0.15) is 17.4 Å². The first-order chi connectivity index (χ1) is 13.8. The van der Waals surface area contributed by atoms with E-state index in [1.165, 1.54) is 6.07 Å². The van der Waals surface area contributed by atoms with Crippen LogP contribution in [-0.2, 0) is 13.0 Å². The van der Waals surface area contributed by atoms with Gasteiger partial charge in [-0.3, -0.25) is 4.79 Å². The first-order valence-electron chi connectivity index (χ1n) is 9.51. The van der Waals surface area contributed by atoms with Crippen LogP contribution in [0.1, 0.15) is 32.6 Å². The number of nitrogens with zero attached hydrogens (tertiary/aromatic N) is 1. The highest BCUT2D eigenvalue weighted by atomic mass is 19.1. The van der Waals surface area contributed by atoms with Crippen molar-refractivity contribution in [2.45, 2.75) is 26.8 Å². The third-order valence-electron chi connectivity index (χ3n) is 5.52. The minimum atomic E-state index is -0.843. The van der Waals surface area contributed by atoms with Crippen LogP contribution in [0.3, 0.4) is 0 Å². The van der Waals surface area contributed by atoms with Gasteiger partial charge in [-0.15, -0.1) is 0 Å². The van der Waals surface area contributed by atoms with E-state index in [4.69, 9.17) is 0 Å². The van der Waals surface area contributed by atoms with Gasteiger partial charge in [-0.25, -0.2) is 8.78 Å². The largest absolute Gasteiger partial charge is 0.507 e. The summed E-state index contributed by atoms with van der Waals surface area (Å²) >= 11 is 0. The van der Waals surface area contributed by atoms with Crippen LogP contribution in [0.15, 0.2) is 48.5 Å². The van der Waals surface area contributed by atoms with E-state index in [1.54, 1.807) is 4.90 Å². The summed E-state index contributed by atoms with van der Waals surface area (Å²) in [5.74, 6) is -1.68. The molecule has 0 saturated carbocycles. The molecule has 1 amide bonds. The lowest BCUT2D eigenvalue weighted by Crippen LogP contribution is -2.36. The summed E-state index contributed by atoms with van der Waals surface area (Å²) in [5.41, 5.74) is 5.78. The van der Waals surface area contributed by atoms with Gasteiger partial charge in [0.05, 0.1) is 5.56 Å². The summed E-state index contributed by atoms with van der Waals surface area (Å²) in [7, 11) is 0. The second-order valence-corrected chi connectivity index (χ2v) is 7.50. The molecule has 3 aromatic rings. The van der Waals surface area contributed by atoms with Crippen LogP contribution in [0.25, 0.3) is 11.1 Å². The molecular formula is C24H21F2NO2. The van der Waals surface area contributed by atoms with Crippen LogP contribution < -0.4 is 0 Å². The van der Waals surface area contributed by atoms with Crippen molar-refractivity contribution in [2.24, 2.45) is 0 Å². The Kier molecular flexibility index (Phi) is 4.82. The number of aromatic hydroxyl groups is 1. The highest BCUT2D eigenvalue weighted by molar-refractivity contribution is 5.94. The summed E-state index contributed by atoms with van der Waals surface area (Å²) in [4.78, 5) is 14.4. The molecule has 1 N–H and O–H groups in total. The monoisotopic (exact) mass is 393 g/mol. The van der Waals surface area contributed by atoms with Gasteiger partial charge in [-0.05, 0) is 77.9 Å². The first-order valence-corrected chi connectivity index (χ1v) is 9.51. The Morgan fingerprint density at radius 1 is 1.03 bits per heavy atom. The zero-order valence-corrected chi connectivity index (χ0v) is 16.3. The van der Waals surface area contributed by atoms with E-state index in [9.17, 15) is 18.7 Å². The molecule has 0 atom stereocenters. The molecule has 4 rings (SSSR count). The number of phenolic OH excluding ortho intramolecular Hbond substituents is 1. The van der Waals surface area contributed by atoms with Crippen molar-refractivity contribution in [1.82, 2.24) is 4.90 Å². The normalized spacial score (nSPS) is 13.3. The van der Waals surface area contributed by atoms with Gasteiger partial charge < -0.3 is 10.0 Å². The topological polar surface area (TPSA) is 40.5 Å². The van der Waals surface area contributed by atoms with Gasteiger partial charge in [-0.1, -0.05) is 18.2 Å². The maximum Gasteiger partial charge on any atom is 0.257 e. The van der Waals surface area contributed by atoms with Crippen molar-refractivity contribution in [1.29, 1.82) is 0 Å². The van der Waals surface area contributed by atoms with Crippen LogP contribution in [-0.4, -0.2) is 22.5 Å². The summed E-state index contributed by atoms with van der Waals surface area (Å²) in [6.07, 6.45) is 0.638. The summed E-state index contributed by atoms with van der Waals surface area (Å²) in [6.45, 7) is 4.57. The van der Waals surface area contributed by atoms with Gasteiger partial charge in [-0.2, -0.15) is 0 Å². The zero-order valence-electron chi connectivity index (χ0n) is 16.3. The van der Waals surface area contributed by atoms with Gasteiger partial charge in [0.25, 0.3) is 5.91 Å². The molecule has 0 spiro atoms. The smallest absolute Gasteiger partial charge is 0.257 e. The molecule has 29 heavy (non-hydrogen) atoms. The number of carbonyl (C=O) groups is 1. The minimum absolute atomic E-state index is 0.115. The number of hydrogen-bond donors (Lipinski definition) is 1. The van der Waals surface area contributed by atoms with Crippen LogP contribution in [0.2, 0.25) is 0 Å². The lowest BCUT2D eigenvalue weighted by Gasteiger charge is -2.30. The molecule has 1 aliphatic rings. The zero-order chi connectivity index (χ0) is 20.7. The molecule has 148 valence electrons. The minimum Gasteiger partial charge on any atom is -0.507 e. The molecular weight excluding hydrogens is 372 g/mol. The van der Waals surface area contributed by atoms with Gasteiger partial charge in [0.2, 0.25) is 0 Å². The van der Waals surface area contributed by atoms with Crippen molar-refractivity contribution in [3.63, 3.8) is 0 Å². The summed E-state index contributed by atoms with van der Waals surface area (Å²) in [6, 6.07) is 12.9. The average molecular weight is 393 g/mol. The van der Waals surface area contributed by atoms with Crippen LogP contribution in [0.5, 0.6) is 5.75 Å². The number of halogens is 2. The van der Waals surface area contributed by atoms with E-state index in [0.29, 0.717) is 25.3 Å². The highest BCUT2D eigenvalue weighted by Crippen LogP contribution is 2.34. The Morgan fingerprint density at radius 3 is 2.45 bits per heavy atom. The van der Waals surface area contributed by atoms with Crippen LogP contribution in [0, 0.1) is 25.5 Å². The maximum absolute atomic E-state index is 14.0. The van der Waals surface area contributed by atoms with E-state index in [1.807, 2.05) is 44.2 Å². The van der Waals surface area contributed by atoms with Gasteiger partial charge in [0.15, 0.2) is 0 Å². The van der Waals surface area contributed by atoms with Crippen molar-refractivity contribution < 1.29 is 18.7 Å². The standard InChI is InChI=1S/C24H21F2NO2/c1-14-10-17(11-15(2)23(14)28)19-5-3-4-16-13-27(9-8-20(16)19)24(29)21-7-6-18(25)12-22(21)26/h3-7,10-12,28H,8-9,13H2,1-2H3. The molecule has 0 aliphatic carbocycles. The van der Waals surface area contributed by atoms with E-state index >= 15 is 0 Å². The molecule has 1 aliphatic heterocycles. The van der Waals surface area contributed by atoms with Crippen molar-refractivity contribution in [2.75, 3.05) is 6.54 Å². The Morgan fingerprint density at radius 2 is 1.76 bits per heavy atom. The van der Waals surface area contributed by atoms with E-state index in [0.717, 1.165) is 45.5 Å². The van der Waals surface area contributed by atoms with Gasteiger partial charge >= 0.3 is 0 Å². The maximum atomic E-state index is 14.0. The molecule has 1 heterocycles. The predicted molar refractivity (Wildman–Crippen MR) is 108 cm³/mol. The number of aryl methyl sites for hydroxylation is 2. The SMILES string of the molecule is Cc1cc(-c2cccc3c2CCN(C(=O)c2ccc(F)cc2F)C3)cc(C)c1O. The summed E-state index contributed by atoms with van der Waals surface area (Å²) < 4.78 is 27.2. The quantitative estimate of drug-likeness (QED) is 0.654. The Balaban J connectivity index is 1.66. The van der Waals surface area contributed by atoms with Crippen molar-refractivity contribution in [3.8, 4) is 16.9 Å². The Bertz CT molecular complexity index is 1100. The van der Waals surface area contributed by atoms with E-state index in [2.05, 4.69) is 0 Å². The van der Waals surface area contributed by atoms with Crippen LogP contribution in [0.4, 0.5) is 8.78 Å². The van der Waals surface area contributed by atoms with Crippen LogP contribution >= 0.6 is 0 Å². The fraction of sp³-hybridized carbons (Fsp3) is 0.208. The second-order valence-electron chi connectivity index (χ2n) is 7.50. The lowest BCUT2D eigenvalue weighted by molar-refractivity contribution is 0.0730. The van der Waals surface area contributed by atoms with E-state index < -0.39 is 17.5 Å². The molecule has 3 nitrogen and oxygen atoms in total. The van der Waals surface area contributed by atoms with Crippen molar-refractivity contribution in [3.05, 3.63) is 88.0 Å². The molecule has 0 fully saturated rings. The molecule has 0 saturated heterocycles. The fourth-order valence-electron chi connectivity index (χ4n) is 4.00. The number of rotatable bonds is 2. The third kappa shape index (κ3) is 3.48. The summed E-state index contributed by atoms with van der Waals surface area (Å²) in [5, 5.41) is 10.1. The first kappa shape index (κ1) is 19.1. The molecule has 3 aromatic carbocycles. The molecule has 0 unspecified atom stereocenters. The number of benzene rings is 3. The van der Waals surface area contributed by atoms with Gasteiger partial charge in [0, 0.05) is 19.2 Å². The molecule has 0 aromatic heterocycles. The number of carbonyl (C=O) groups excluding carboxylic acids is 1. The Labute approximate surface area is 168 Å². The number of amides is 1. The van der Waals surface area contributed by atoms with E-state index in [-0.39, 0.29) is 5.56 Å². The third-order valence-corrected chi connectivity index (χ3v) is 5.52. The highest BCUT2D eigenvalue weighted by Gasteiger charge is 2.25. The molecule has 5 heteroatoms. The lowest BCUT2D eigenvalue weighted by atomic mass is 9.89.